The monoisotopic (exact) mass is 250 g/mol. The van der Waals surface area contributed by atoms with Crippen LogP contribution in [0.1, 0.15) is 38.4 Å². The van der Waals surface area contributed by atoms with Gasteiger partial charge >= 0.3 is 0 Å². The van der Waals surface area contributed by atoms with Crippen LogP contribution in [0.4, 0.5) is 4.39 Å². The molecule has 0 aliphatic carbocycles. The van der Waals surface area contributed by atoms with Gasteiger partial charge in [-0.25, -0.2) is 4.39 Å². The lowest BCUT2D eigenvalue weighted by Gasteiger charge is -2.26. The van der Waals surface area contributed by atoms with Crippen molar-refractivity contribution in [3.05, 3.63) is 41.7 Å². The zero-order valence-corrected chi connectivity index (χ0v) is 10.8. The normalized spacial score (nSPS) is 17.2. The summed E-state index contributed by atoms with van der Waals surface area (Å²) in [5, 5.41) is 3.41. The van der Waals surface area contributed by atoms with E-state index in [0.717, 1.165) is 30.9 Å². The fourth-order valence-electron chi connectivity index (χ4n) is 1.98. The van der Waals surface area contributed by atoms with Crippen molar-refractivity contribution in [3.63, 3.8) is 0 Å². The number of hydrogen-bond donors (Lipinski definition) is 1. The molecule has 0 radical (unpaired) electrons. The third kappa shape index (κ3) is 3.29. The molecule has 1 N–H and O–H groups in total. The molecule has 1 aliphatic rings. The van der Waals surface area contributed by atoms with E-state index in [1.807, 2.05) is 0 Å². The minimum Gasteiger partial charge on any atom is -0.496 e. The molecule has 18 heavy (non-hydrogen) atoms. The van der Waals surface area contributed by atoms with E-state index in [0.29, 0.717) is 6.04 Å². The first kappa shape index (κ1) is 13.0. The highest BCUT2D eigenvalue weighted by Gasteiger charge is 2.21. The van der Waals surface area contributed by atoms with E-state index in [-0.39, 0.29) is 11.9 Å². The number of halogens is 1. The zero-order chi connectivity index (χ0) is 13.0. The largest absolute Gasteiger partial charge is 0.496 e. The summed E-state index contributed by atoms with van der Waals surface area (Å²) in [7, 11) is 0. The molecule has 0 amide bonds. The van der Waals surface area contributed by atoms with Crippen LogP contribution >= 0.6 is 0 Å². The van der Waals surface area contributed by atoms with Gasteiger partial charge in [0, 0.05) is 6.04 Å². The highest BCUT2D eigenvalue weighted by atomic mass is 19.1. The van der Waals surface area contributed by atoms with Gasteiger partial charge in [-0.15, -0.1) is 0 Å². The van der Waals surface area contributed by atoms with Gasteiger partial charge in [0.1, 0.15) is 17.6 Å². The van der Waals surface area contributed by atoms with Crippen LogP contribution in [0.3, 0.4) is 0 Å². The van der Waals surface area contributed by atoms with Crippen LogP contribution < -0.4 is 5.32 Å². The second-order valence-electron chi connectivity index (χ2n) is 4.75. The van der Waals surface area contributed by atoms with Crippen LogP contribution in [-0.2, 0) is 4.74 Å². The Morgan fingerprint density at radius 1 is 1.39 bits per heavy atom. The Labute approximate surface area is 107 Å². The van der Waals surface area contributed by atoms with Gasteiger partial charge in [-0.05, 0) is 44.9 Å². The highest BCUT2D eigenvalue weighted by Crippen LogP contribution is 2.25. The predicted molar refractivity (Wildman–Crippen MR) is 68.5 cm³/mol. The fraction of sp³-hybridized carbons (Fsp3) is 0.500. The molecule has 0 spiro atoms. The Morgan fingerprint density at radius 2 is 2.22 bits per heavy atom. The van der Waals surface area contributed by atoms with Gasteiger partial charge in [-0.3, -0.25) is 4.98 Å². The van der Waals surface area contributed by atoms with Crippen LogP contribution in [0.5, 0.6) is 0 Å². The maximum atomic E-state index is 12.9. The minimum atomic E-state index is -0.319. The second kappa shape index (κ2) is 5.96. The van der Waals surface area contributed by atoms with E-state index in [4.69, 9.17) is 4.74 Å². The van der Waals surface area contributed by atoms with Crippen molar-refractivity contribution in [2.45, 2.75) is 38.8 Å². The minimum absolute atomic E-state index is 0.0918. The van der Waals surface area contributed by atoms with E-state index < -0.39 is 0 Å². The van der Waals surface area contributed by atoms with Gasteiger partial charge in [-0.1, -0.05) is 0 Å². The molecule has 1 aromatic heterocycles. The number of hydrogen-bond acceptors (Lipinski definition) is 3. The maximum absolute atomic E-state index is 12.9. The molecule has 2 heterocycles. The molecule has 0 fully saturated rings. The lowest BCUT2D eigenvalue weighted by atomic mass is 10.1. The summed E-state index contributed by atoms with van der Waals surface area (Å²) in [5.74, 6) is 0.578. The molecule has 0 saturated carbocycles. The Bertz CT molecular complexity index is 414. The summed E-state index contributed by atoms with van der Waals surface area (Å²) in [6.07, 6.45) is 5.41. The van der Waals surface area contributed by atoms with Crippen LogP contribution in [-0.4, -0.2) is 17.6 Å². The molecule has 0 saturated heterocycles. The summed E-state index contributed by atoms with van der Waals surface area (Å²) in [6.45, 7) is 4.88. The number of nitrogens with one attached hydrogen (secondary N) is 1. The Balaban J connectivity index is 2.23. The van der Waals surface area contributed by atoms with Gasteiger partial charge in [0.05, 0.1) is 18.5 Å². The summed E-state index contributed by atoms with van der Waals surface area (Å²) >= 11 is 0. The Hall–Kier alpha value is -1.42. The van der Waals surface area contributed by atoms with Crippen molar-refractivity contribution in [2.75, 3.05) is 6.61 Å². The molecular weight excluding hydrogens is 231 g/mol. The molecule has 1 aliphatic heterocycles. The maximum Gasteiger partial charge on any atom is 0.141 e. The van der Waals surface area contributed by atoms with Gasteiger partial charge in [0.15, 0.2) is 0 Å². The third-order valence-electron chi connectivity index (χ3n) is 2.79. The number of pyridine rings is 1. The van der Waals surface area contributed by atoms with Crippen molar-refractivity contribution in [1.82, 2.24) is 10.3 Å². The van der Waals surface area contributed by atoms with Crippen molar-refractivity contribution >= 4 is 0 Å². The van der Waals surface area contributed by atoms with Crippen LogP contribution in [0.2, 0.25) is 0 Å². The standard InChI is InChI=1S/C14H19FN2O/c1-10(2)17-14(13-5-3-4-8-18-13)12-7-6-11(15)9-16-12/h5-7,9-10,14,17H,3-4,8H2,1-2H3. The van der Waals surface area contributed by atoms with E-state index in [1.54, 1.807) is 6.07 Å². The van der Waals surface area contributed by atoms with Gasteiger partial charge < -0.3 is 10.1 Å². The van der Waals surface area contributed by atoms with Gasteiger partial charge in [-0.2, -0.15) is 0 Å². The van der Waals surface area contributed by atoms with E-state index in [9.17, 15) is 4.39 Å². The first-order chi connectivity index (χ1) is 8.66. The van der Waals surface area contributed by atoms with Crippen molar-refractivity contribution in [1.29, 1.82) is 0 Å². The summed E-state index contributed by atoms with van der Waals surface area (Å²) < 4.78 is 18.6. The smallest absolute Gasteiger partial charge is 0.141 e. The Morgan fingerprint density at radius 3 is 2.78 bits per heavy atom. The number of rotatable bonds is 4. The van der Waals surface area contributed by atoms with E-state index in [2.05, 4.69) is 30.2 Å². The molecule has 98 valence electrons. The molecule has 0 bridgehead atoms. The first-order valence-corrected chi connectivity index (χ1v) is 6.37. The predicted octanol–water partition coefficient (Wildman–Crippen LogP) is 2.95. The Kier molecular flexibility index (Phi) is 4.31. The van der Waals surface area contributed by atoms with Crippen LogP contribution in [0.25, 0.3) is 0 Å². The molecule has 4 heteroatoms. The molecule has 3 nitrogen and oxygen atoms in total. The quantitative estimate of drug-likeness (QED) is 0.892. The number of aromatic nitrogens is 1. The number of allylic oxidation sites excluding steroid dienone is 1. The zero-order valence-electron chi connectivity index (χ0n) is 10.8. The number of ether oxygens (including phenoxy) is 1. The lowest BCUT2D eigenvalue weighted by molar-refractivity contribution is 0.164. The number of nitrogens with zero attached hydrogens (tertiary/aromatic N) is 1. The van der Waals surface area contributed by atoms with Gasteiger partial charge in [0.25, 0.3) is 0 Å². The van der Waals surface area contributed by atoms with Crippen molar-refractivity contribution in [2.24, 2.45) is 0 Å². The lowest BCUT2D eigenvalue weighted by Crippen LogP contribution is -2.31. The highest BCUT2D eigenvalue weighted by molar-refractivity contribution is 5.20. The average Bonchev–Trinajstić information content (AvgIpc) is 2.38. The molecular formula is C14H19FN2O. The molecule has 2 rings (SSSR count). The van der Waals surface area contributed by atoms with Gasteiger partial charge in [0.2, 0.25) is 0 Å². The first-order valence-electron chi connectivity index (χ1n) is 6.37. The average molecular weight is 250 g/mol. The molecule has 0 aromatic carbocycles. The molecule has 1 unspecified atom stereocenters. The van der Waals surface area contributed by atoms with Crippen LogP contribution in [0, 0.1) is 5.82 Å². The molecule has 1 atom stereocenters. The van der Waals surface area contributed by atoms with E-state index >= 15 is 0 Å². The summed E-state index contributed by atoms with van der Waals surface area (Å²) in [4.78, 5) is 4.15. The van der Waals surface area contributed by atoms with Crippen molar-refractivity contribution < 1.29 is 9.13 Å². The second-order valence-corrected chi connectivity index (χ2v) is 4.75. The fourth-order valence-corrected chi connectivity index (χ4v) is 1.98. The van der Waals surface area contributed by atoms with Crippen molar-refractivity contribution in [3.8, 4) is 0 Å². The molecule has 1 aromatic rings. The SMILES string of the molecule is CC(C)NC(C1=CCCCO1)c1ccc(F)cn1. The third-order valence-corrected chi connectivity index (χ3v) is 2.79. The van der Waals surface area contributed by atoms with E-state index in [1.165, 1.54) is 12.3 Å². The summed E-state index contributed by atoms with van der Waals surface area (Å²) in [6, 6.07) is 3.34. The summed E-state index contributed by atoms with van der Waals surface area (Å²) in [5.41, 5.74) is 0.790. The topological polar surface area (TPSA) is 34.1 Å². The van der Waals surface area contributed by atoms with Crippen LogP contribution in [0.15, 0.2) is 30.2 Å².